The normalized spacial score (nSPS) is 14.1. The quantitative estimate of drug-likeness (QED) is 0.462. The number of amides is 1. The first-order valence-corrected chi connectivity index (χ1v) is 11.7. The summed E-state index contributed by atoms with van der Waals surface area (Å²) in [6.07, 6.45) is 0. The van der Waals surface area contributed by atoms with Gasteiger partial charge in [0, 0.05) is 34.7 Å². The molecule has 2 heterocycles. The Balaban J connectivity index is 1.75. The van der Waals surface area contributed by atoms with Crippen LogP contribution < -0.4 is 4.90 Å². The van der Waals surface area contributed by atoms with Crippen LogP contribution in [-0.4, -0.2) is 48.3 Å². The molecule has 2 aromatic carbocycles. The van der Waals surface area contributed by atoms with Gasteiger partial charge in [-0.2, -0.15) is 0 Å². The Bertz CT molecular complexity index is 1090. The molecule has 0 unspecified atom stereocenters. The first-order valence-electron chi connectivity index (χ1n) is 10.9. The SMILES string of the molecule is Cc1cccc(-c2noc(N3CCOCC3)c2CN(C(=O)c2cccc(Br)c2)C(C)C)c1. The second-order valence-electron chi connectivity index (χ2n) is 8.32. The number of carbonyl (C=O) groups is 1. The lowest BCUT2D eigenvalue weighted by Crippen LogP contribution is -2.39. The number of ether oxygens (including phenoxy) is 1. The van der Waals surface area contributed by atoms with Crippen molar-refractivity contribution >= 4 is 27.7 Å². The fourth-order valence-electron chi connectivity index (χ4n) is 3.92. The van der Waals surface area contributed by atoms with Gasteiger partial charge >= 0.3 is 0 Å². The molecule has 4 rings (SSSR count). The summed E-state index contributed by atoms with van der Waals surface area (Å²) < 4.78 is 12.3. The van der Waals surface area contributed by atoms with Gasteiger partial charge in [0.15, 0.2) is 0 Å². The Kier molecular flexibility index (Phi) is 6.96. The van der Waals surface area contributed by atoms with E-state index in [1.807, 2.05) is 55.1 Å². The summed E-state index contributed by atoms with van der Waals surface area (Å²) in [5.74, 6) is 0.697. The molecular weight excluding hydrogens is 470 g/mol. The molecule has 3 aromatic rings. The number of hydrogen-bond donors (Lipinski definition) is 0. The second kappa shape index (κ2) is 9.88. The van der Waals surface area contributed by atoms with Crippen molar-refractivity contribution in [2.24, 2.45) is 0 Å². The molecule has 1 amide bonds. The Hall–Kier alpha value is -2.64. The maximum absolute atomic E-state index is 13.5. The number of aromatic nitrogens is 1. The van der Waals surface area contributed by atoms with E-state index >= 15 is 0 Å². The van der Waals surface area contributed by atoms with Crippen molar-refractivity contribution in [3.05, 3.63) is 69.7 Å². The number of rotatable bonds is 6. The predicted molar refractivity (Wildman–Crippen MR) is 129 cm³/mol. The van der Waals surface area contributed by atoms with Crippen molar-refractivity contribution in [2.45, 2.75) is 33.4 Å². The van der Waals surface area contributed by atoms with Crippen LogP contribution in [0.25, 0.3) is 11.3 Å². The molecule has 0 saturated carbocycles. The largest absolute Gasteiger partial charge is 0.378 e. The number of benzene rings is 2. The van der Waals surface area contributed by atoms with E-state index < -0.39 is 0 Å². The number of anilines is 1. The summed E-state index contributed by atoms with van der Waals surface area (Å²) in [5, 5.41) is 4.46. The number of aryl methyl sites for hydroxylation is 1. The number of nitrogens with zero attached hydrogens (tertiary/aromatic N) is 3. The zero-order valence-electron chi connectivity index (χ0n) is 18.7. The average molecular weight is 498 g/mol. The van der Waals surface area contributed by atoms with Crippen LogP contribution in [0, 0.1) is 6.92 Å². The van der Waals surface area contributed by atoms with Gasteiger partial charge in [0.2, 0.25) is 5.88 Å². The van der Waals surface area contributed by atoms with Crippen LogP contribution in [0.15, 0.2) is 57.5 Å². The van der Waals surface area contributed by atoms with Crippen molar-refractivity contribution in [3.8, 4) is 11.3 Å². The minimum atomic E-state index is -0.0226. The van der Waals surface area contributed by atoms with Gasteiger partial charge in [-0.1, -0.05) is 50.9 Å². The van der Waals surface area contributed by atoms with Gasteiger partial charge in [0.25, 0.3) is 5.91 Å². The van der Waals surface area contributed by atoms with Crippen LogP contribution in [0.4, 0.5) is 5.88 Å². The molecule has 6 nitrogen and oxygen atoms in total. The molecule has 1 fully saturated rings. The van der Waals surface area contributed by atoms with Gasteiger partial charge < -0.3 is 19.1 Å². The molecular formula is C25H28BrN3O3. The minimum absolute atomic E-state index is 0.000666. The fraction of sp³-hybridized carbons (Fsp3) is 0.360. The predicted octanol–water partition coefficient (Wildman–Crippen LogP) is 5.30. The highest BCUT2D eigenvalue weighted by Crippen LogP contribution is 2.34. The van der Waals surface area contributed by atoms with Crippen LogP contribution in [0.2, 0.25) is 0 Å². The zero-order valence-corrected chi connectivity index (χ0v) is 20.3. The lowest BCUT2D eigenvalue weighted by Gasteiger charge is -2.30. The summed E-state index contributed by atoms with van der Waals surface area (Å²) in [5.41, 5.74) is 4.49. The van der Waals surface area contributed by atoms with E-state index in [-0.39, 0.29) is 11.9 Å². The Labute approximate surface area is 197 Å². The maximum atomic E-state index is 13.5. The molecule has 7 heteroatoms. The molecule has 0 spiro atoms. The first kappa shape index (κ1) is 22.6. The molecule has 32 heavy (non-hydrogen) atoms. The lowest BCUT2D eigenvalue weighted by molar-refractivity contribution is 0.0690. The van der Waals surface area contributed by atoms with Crippen molar-refractivity contribution in [3.63, 3.8) is 0 Å². The molecule has 0 radical (unpaired) electrons. The molecule has 0 atom stereocenters. The van der Waals surface area contributed by atoms with Gasteiger partial charge in [0.1, 0.15) is 5.69 Å². The summed E-state index contributed by atoms with van der Waals surface area (Å²) in [7, 11) is 0. The summed E-state index contributed by atoms with van der Waals surface area (Å²) >= 11 is 3.48. The fourth-order valence-corrected chi connectivity index (χ4v) is 4.32. The minimum Gasteiger partial charge on any atom is -0.378 e. The van der Waals surface area contributed by atoms with Crippen molar-refractivity contribution < 1.29 is 14.1 Å². The average Bonchev–Trinajstić information content (AvgIpc) is 3.21. The number of carbonyl (C=O) groups excluding carboxylic acids is 1. The third kappa shape index (κ3) is 4.89. The molecule has 1 saturated heterocycles. The molecule has 0 bridgehead atoms. The van der Waals surface area contributed by atoms with Crippen molar-refractivity contribution in [1.29, 1.82) is 0 Å². The molecule has 1 aliphatic heterocycles. The molecule has 0 aliphatic carbocycles. The highest BCUT2D eigenvalue weighted by molar-refractivity contribution is 9.10. The molecule has 168 valence electrons. The topological polar surface area (TPSA) is 58.8 Å². The van der Waals surface area contributed by atoms with Crippen LogP contribution >= 0.6 is 15.9 Å². The zero-order chi connectivity index (χ0) is 22.7. The van der Waals surface area contributed by atoms with Crippen molar-refractivity contribution in [2.75, 3.05) is 31.2 Å². The second-order valence-corrected chi connectivity index (χ2v) is 9.24. The summed E-state index contributed by atoms with van der Waals surface area (Å²) in [6.45, 7) is 9.28. The number of hydrogen-bond acceptors (Lipinski definition) is 5. The van der Waals surface area contributed by atoms with E-state index in [0.717, 1.165) is 45.8 Å². The molecule has 1 aromatic heterocycles. The summed E-state index contributed by atoms with van der Waals surface area (Å²) in [4.78, 5) is 17.5. The van der Waals surface area contributed by atoms with E-state index in [9.17, 15) is 4.79 Å². The van der Waals surface area contributed by atoms with Gasteiger partial charge in [0.05, 0.1) is 25.3 Å². The third-order valence-electron chi connectivity index (χ3n) is 5.64. The van der Waals surface area contributed by atoms with Crippen LogP contribution in [-0.2, 0) is 11.3 Å². The Morgan fingerprint density at radius 2 is 1.91 bits per heavy atom. The monoisotopic (exact) mass is 497 g/mol. The smallest absolute Gasteiger partial charge is 0.254 e. The summed E-state index contributed by atoms with van der Waals surface area (Å²) in [6, 6.07) is 15.7. The molecule has 1 aliphatic rings. The van der Waals surface area contributed by atoms with E-state index in [4.69, 9.17) is 9.26 Å². The van der Waals surface area contributed by atoms with Gasteiger partial charge in [-0.25, -0.2) is 0 Å². The Morgan fingerprint density at radius 1 is 1.16 bits per heavy atom. The number of morpholine rings is 1. The lowest BCUT2D eigenvalue weighted by atomic mass is 10.0. The third-order valence-corrected chi connectivity index (χ3v) is 6.13. The van der Waals surface area contributed by atoms with E-state index in [2.05, 4.69) is 45.0 Å². The van der Waals surface area contributed by atoms with Gasteiger partial charge in [-0.15, -0.1) is 0 Å². The van der Waals surface area contributed by atoms with Gasteiger partial charge in [-0.05, 0) is 45.0 Å². The van der Waals surface area contributed by atoms with Crippen LogP contribution in [0.1, 0.15) is 35.3 Å². The number of halogens is 1. The first-order chi connectivity index (χ1) is 15.4. The van der Waals surface area contributed by atoms with E-state index in [0.29, 0.717) is 25.3 Å². The Morgan fingerprint density at radius 3 is 2.59 bits per heavy atom. The van der Waals surface area contributed by atoms with Crippen molar-refractivity contribution in [1.82, 2.24) is 10.1 Å². The van der Waals surface area contributed by atoms with Crippen LogP contribution in [0.5, 0.6) is 0 Å². The highest BCUT2D eigenvalue weighted by Gasteiger charge is 2.28. The van der Waals surface area contributed by atoms with Gasteiger partial charge in [-0.3, -0.25) is 4.79 Å². The highest BCUT2D eigenvalue weighted by atomic mass is 79.9. The molecule has 0 N–H and O–H groups in total. The standard InChI is InChI=1S/C25H28BrN3O3/c1-17(2)29(24(30)20-8-5-9-21(26)15-20)16-22-23(19-7-4-6-18(3)14-19)27-32-25(22)28-10-12-31-13-11-28/h4-9,14-15,17H,10-13,16H2,1-3H3. The van der Waals surface area contributed by atoms with E-state index in [1.165, 1.54) is 0 Å². The van der Waals surface area contributed by atoms with E-state index in [1.54, 1.807) is 0 Å². The maximum Gasteiger partial charge on any atom is 0.254 e. The van der Waals surface area contributed by atoms with Crippen LogP contribution in [0.3, 0.4) is 0 Å².